The molecule has 0 aliphatic carbocycles. The van der Waals surface area contributed by atoms with Crippen molar-refractivity contribution < 1.29 is 4.79 Å². The minimum Gasteiger partial charge on any atom is -0.341 e. The first-order chi connectivity index (χ1) is 5.63. The van der Waals surface area contributed by atoms with E-state index in [1.54, 1.807) is 0 Å². The topological polar surface area (TPSA) is 32.3 Å². The summed E-state index contributed by atoms with van der Waals surface area (Å²) in [6, 6.07) is 0.417. The Morgan fingerprint density at radius 3 is 2.54 bits per heavy atom. The summed E-state index contributed by atoms with van der Waals surface area (Å²) < 4.78 is 0. The molecule has 4 heteroatoms. The average molecular weight is 207 g/mol. The molecule has 0 bridgehead atoms. The zero-order valence-electron chi connectivity index (χ0n) is 8.54. The second-order valence-electron chi connectivity index (χ2n) is 3.75. The van der Waals surface area contributed by atoms with E-state index < -0.39 is 0 Å². The van der Waals surface area contributed by atoms with Crippen molar-refractivity contribution in [2.24, 2.45) is 5.92 Å². The van der Waals surface area contributed by atoms with Crippen molar-refractivity contribution in [3.63, 3.8) is 0 Å². The number of halogens is 1. The lowest BCUT2D eigenvalue weighted by Crippen LogP contribution is -2.40. The Morgan fingerprint density at radius 2 is 2.15 bits per heavy atom. The summed E-state index contributed by atoms with van der Waals surface area (Å²) in [6.45, 7) is 5.89. The Labute approximate surface area is 86.3 Å². The van der Waals surface area contributed by atoms with Crippen molar-refractivity contribution in [2.45, 2.75) is 26.3 Å². The first-order valence-corrected chi connectivity index (χ1v) is 4.60. The van der Waals surface area contributed by atoms with Gasteiger partial charge >= 0.3 is 0 Å². The van der Waals surface area contributed by atoms with Gasteiger partial charge < -0.3 is 10.2 Å². The molecule has 0 radical (unpaired) electrons. The predicted molar refractivity (Wildman–Crippen MR) is 56.1 cm³/mol. The molecule has 0 spiro atoms. The van der Waals surface area contributed by atoms with Crippen molar-refractivity contribution >= 4 is 18.3 Å². The molecule has 1 rings (SSSR count). The van der Waals surface area contributed by atoms with Gasteiger partial charge in [-0.2, -0.15) is 0 Å². The number of hydrogen-bond donors (Lipinski definition) is 1. The second kappa shape index (κ2) is 5.45. The van der Waals surface area contributed by atoms with E-state index in [0.717, 1.165) is 19.5 Å². The molecule has 0 aromatic heterocycles. The van der Waals surface area contributed by atoms with Crippen LogP contribution in [0.5, 0.6) is 0 Å². The van der Waals surface area contributed by atoms with Crippen molar-refractivity contribution in [3.05, 3.63) is 0 Å². The van der Waals surface area contributed by atoms with Gasteiger partial charge in [0.15, 0.2) is 0 Å². The molecule has 1 aliphatic rings. The van der Waals surface area contributed by atoms with Crippen LogP contribution in [0, 0.1) is 5.92 Å². The fraction of sp³-hybridized carbons (Fsp3) is 0.889. The van der Waals surface area contributed by atoms with Crippen LogP contribution in [0.1, 0.15) is 20.3 Å². The molecule has 1 saturated heterocycles. The molecular weight excluding hydrogens is 188 g/mol. The van der Waals surface area contributed by atoms with E-state index in [0.29, 0.717) is 6.04 Å². The third-order valence-corrected chi connectivity index (χ3v) is 2.42. The van der Waals surface area contributed by atoms with Crippen LogP contribution in [0.25, 0.3) is 0 Å². The average Bonchev–Trinajstić information content (AvgIpc) is 2.53. The molecule has 78 valence electrons. The van der Waals surface area contributed by atoms with Gasteiger partial charge in [0.1, 0.15) is 0 Å². The fourth-order valence-electron chi connectivity index (χ4n) is 1.56. The molecule has 1 unspecified atom stereocenters. The Bertz CT molecular complexity index is 167. The maximum absolute atomic E-state index is 11.5. The van der Waals surface area contributed by atoms with Crippen LogP contribution in [0.2, 0.25) is 0 Å². The summed E-state index contributed by atoms with van der Waals surface area (Å²) >= 11 is 0. The summed E-state index contributed by atoms with van der Waals surface area (Å²) in [5.74, 6) is 0.374. The van der Waals surface area contributed by atoms with E-state index in [1.807, 2.05) is 25.8 Å². The lowest BCUT2D eigenvalue weighted by atomic mass is 10.1. The first-order valence-electron chi connectivity index (χ1n) is 4.60. The summed E-state index contributed by atoms with van der Waals surface area (Å²) in [5, 5.41) is 3.25. The quantitative estimate of drug-likeness (QED) is 0.728. The highest BCUT2D eigenvalue weighted by Gasteiger charge is 2.24. The maximum Gasteiger partial charge on any atom is 0.225 e. The molecule has 1 heterocycles. The number of hydrogen-bond acceptors (Lipinski definition) is 2. The number of amides is 1. The van der Waals surface area contributed by atoms with Crippen LogP contribution >= 0.6 is 12.4 Å². The van der Waals surface area contributed by atoms with Gasteiger partial charge in [0, 0.05) is 25.6 Å². The summed E-state index contributed by atoms with van der Waals surface area (Å²) in [6.07, 6.45) is 1.09. The molecule has 1 atom stereocenters. The van der Waals surface area contributed by atoms with Gasteiger partial charge in [-0.15, -0.1) is 12.4 Å². The van der Waals surface area contributed by atoms with E-state index in [-0.39, 0.29) is 24.2 Å². The van der Waals surface area contributed by atoms with Crippen molar-refractivity contribution in [1.29, 1.82) is 0 Å². The Morgan fingerprint density at radius 1 is 1.54 bits per heavy atom. The van der Waals surface area contributed by atoms with Crippen LogP contribution in [0.4, 0.5) is 0 Å². The van der Waals surface area contributed by atoms with Gasteiger partial charge in [-0.25, -0.2) is 0 Å². The molecule has 0 saturated carbocycles. The second-order valence-corrected chi connectivity index (χ2v) is 3.75. The minimum absolute atomic E-state index is 0. The van der Waals surface area contributed by atoms with Crippen LogP contribution in [0.15, 0.2) is 0 Å². The van der Waals surface area contributed by atoms with Gasteiger partial charge in [0.25, 0.3) is 0 Å². The number of nitrogens with zero attached hydrogens (tertiary/aromatic N) is 1. The highest BCUT2D eigenvalue weighted by molar-refractivity contribution is 5.85. The van der Waals surface area contributed by atoms with Crippen molar-refractivity contribution in [1.82, 2.24) is 10.2 Å². The van der Waals surface area contributed by atoms with Crippen LogP contribution in [0.3, 0.4) is 0 Å². The third-order valence-electron chi connectivity index (χ3n) is 2.42. The Hall–Kier alpha value is -0.280. The minimum atomic E-state index is 0. The van der Waals surface area contributed by atoms with Crippen LogP contribution < -0.4 is 5.32 Å². The maximum atomic E-state index is 11.5. The standard InChI is InChI=1S/C9H18N2O.ClH/c1-7(2)9(12)11(3)8-4-5-10-6-8;/h7-8,10H,4-6H2,1-3H3;1H. The normalized spacial score (nSPS) is 21.4. The highest BCUT2D eigenvalue weighted by Crippen LogP contribution is 2.09. The van der Waals surface area contributed by atoms with E-state index in [9.17, 15) is 4.79 Å². The first kappa shape index (κ1) is 12.7. The molecule has 3 nitrogen and oxygen atoms in total. The van der Waals surface area contributed by atoms with Gasteiger partial charge in [-0.05, 0) is 13.0 Å². The van der Waals surface area contributed by atoms with Gasteiger partial charge in [0.05, 0.1) is 0 Å². The smallest absolute Gasteiger partial charge is 0.225 e. The molecular formula is C9H19ClN2O. The number of likely N-dealkylation sites (N-methyl/N-ethyl adjacent to an activating group) is 1. The largest absolute Gasteiger partial charge is 0.341 e. The molecule has 13 heavy (non-hydrogen) atoms. The molecule has 1 fully saturated rings. The zero-order chi connectivity index (χ0) is 9.14. The number of carbonyl (C=O) groups excluding carboxylic acids is 1. The lowest BCUT2D eigenvalue weighted by Gasteiger charge is -2.25. The molecule has 0 aromatic carbocycles. The zero-order valence-corrected chi connectivity index (χ0v) is 9.36. The van der Waals surface area contributed by atoms with Crippen molar-refractivity contribution in [3.8, 4) is 0 Å². The summed E-state index contributed by atoms with van der Waals surface area (Å²) in [4.78, 5) is 13.4. The van der Waals surface area contributed by atoms with Gasteiger partial charge in [-0.1, -0.05) is 13.8 Å². The molecule has 0 aromatic rings. The van der Waals surface area contributed by atoms with E-state index in [1.165, 1.54) is 0 Å². The predicted octanol–water partition coefficient (Wildman–Crippen LogP) is 0.885. The monoisotopic (exact) mass is 206 g/mol. The SMILES string of the molecule is CC(C)C(=O)N(C)C1CCNC1.Cl. The Kier molecular flexibility index (Phi) is 5.33. The molecule has 1 amide bonds. The van der Waals surface area contributed by atoms with E-state index in [4.69, 9.17) is 0 Å². The number of carbonyl (C=O) groups is 1. The highest BCUT2D eigenvalue weighted by atomic mass is 35.5. The number of rotatable bonds is 2. The molecule has 1 aliphatic heterocycles. The van der Waals surface area contributed by atoms with Crippen LogP contribution in [-0.4, -0.2) is 37.0 Å². The summed E-state index contributed by atoms with van der Waals surface area (Å²) in [7, 11) is 1.90. The van der Waals surface area contributed by atoms with Gasteiger partial charge in [0.2, 0.25) is 5.91 Å². The van der Waals surface area contributed by atoms with Crippen LogP contribution in [-0.2, 0) is 4.79 Å². The van der Waals surface area contributed by atoms with E-state index >= 15 is 0 Å². The van der Waals surface area contributed by atoms with Crippen molar-refractivity contribution in [2.75, 3.05) is 20.1 Å². The number of nitrogens with one attached hydrogen (secondary N) is 1. The van der Waals surface area contributed by atoms with Gasteiger partial charge in [-0.3, -0.25) is 4.79 Å². The summed E-state index contributed by atoms with van der Waals surface area (Å²) in [5.41, 5.74) is 0. The molecule has 1 N–H and O–H groups in total. The third kappa shape index (κ3) is 3.16. The lowest BCUT2D eigenvalue weighted by molar-refractivity contribution is -0.134. The van der Waals surface area contributed by atoms with E-state index in [2.05, 4.69) is 5.32 Å². The fourth-order valence-corrected chi connectivity index (χ4v) is 1.56. The Balaban J connectivity index is 0.00000144.